The van der Waals surface area contributed by atoms with Crippen LogP contribution in [0.3, 0.4) is 0 Å². The normalized spacial score (nSPS) is 10.7. The average molecular weight is 380 g/mol. The van der Waals surface area contributed by atoms with Crippen LogP contribution in [-0.2, 0) is 17.8 Å². The van der Waals surface area contributed by atoms with Gasteiger partial charge in [-0.2, -0.15) is 4.80 Å². The summed E-state index contributed by atoms with van der Waals surface area (Å²) in [5.41, 5.74) is 3.62. The third-order valence-electron chi connectivity index (χ3n) is 4.44. The van der Waals surface area contributed by atoms with E-state index in [1.54, 1.807) is 13.0 Å². The van der Waals surface area contributed by atoms with Crippen molar-refractivity contribution < 1.29 is 9.72 Å². The summed E-state index contributed by atoms with van der Waals surface area (Å²) < 4.78 is 0. The van der Waals surface area contributed by atoms with Crippen molar-refractivity contribution in [2.24, 2.45) is 0 Å². The van der Waals surface area contributed by atoms with E-state index in [0.717, 1.165) is 27.9 Å². The number of amides is 1. The molecule has 2 aromatic carbocycles. The molecule has 0 atom stereocenters. The summed E-state index contributed by atoms with van der Waals surface area (Å²) in [6.45, 7) is 5.47. The third-order valence-corrected chi connectivity index (χ3v) is 4.44. The minimum atomic E-state index is -0.520. The Bertz CT molecular complexity index is 1030. The number of carbonyl (C=O) groups excluding carboxylic acids is 1. The molecule has 0 aliphatic carbocycles. The molecule has 0 saturated heterocycles. The van der Waals surface area contributed by atoms with Crippen molar-refractivity contribution in [3.05, 3.63) is 63.2 Å². The Hall–Kier alpha value is -3.62. The van der Waals surface area contributed by atoms with E-state index in [1.165, 1.54) is 11.6 Å². The first-order chi connectivity index (χ1) is 13.4. The molecule has 0 unspecified atom stereocenters. The molecule has 1 heterocycles. The molecule has 0 aliphatic rings. The topological polar surface area (TPSA) is 116 Å². The second-order valence-electron chi connectivity index (χ2n) is 6.45. The number of benzene rings is 2. The van der Waals surface area contributed by atoms with Crippen LogP contribution in [0.25, 0.3) is 11.4 Å². The van der Waals surface area contributed by atoms with Gasteiger partial charge < -0.3 is 5.32 Å². The molecule has 1 N–H and O–H groups in total. The first-order valence-corrected chi connectivity index (χ1v) is 8.80. The lowest BCUT2D eigenvalue weighted by Crippen LogP contribution is -2.21. The van der Waals surface area contributed by atoms with E-state index in [1.807, 2.05) is 31.2 Å². The van der Waals surface area contributed by atoms with E-state index in [4.69, 9.17) is 0 Å². The standard InChI is InChI=1S/C19H20N6O3/c1-4-14-5-7-15(8-6-14)19-21-23-24(22-19)11-18(26)20-16-9-12(2)13(3)10-17(16)25(27)28/h5-10H,4,11H2,1-3H3,(H,20,26). The van der Waals surface area contributed by atoms with Crippen LogP contribution in [0.15, 0.2) is 36.4 Å². The Labute approximate surface area is 161 Å². The summed E-state index contributed by atoms with van der Waals surface area (Å²) >= 11 is 0. The Balaban J connectivity index is 1.73. The highest BCUT2D eigenvalue weighted by atomic mass is 16.6. The summed E-state index contributed by atoms with van der Waals surface area (Å²) in [7, 11) is 0. The maximum Gasteiger partial charge on any atom is 0.293 e. The van der Waals surface area contributed by atoms with Crippen LogP contribution >= 0.6 is 0 Å². The van der Waals surface area contributed by atoms with E-state index in [-0.39, 0.29) is 17.9 Å². The fraction of sp³-hybridized carbons (Fsp3) is 0.263. The van der Waals surface area contributed by atoms with Crippen molar-refractivity contribution >= 4 is 17.3 Å². The summed E-state index contributed by atoms with van der Waals surface area (Å²) in [5.74, 6) is -0.0655. The number of rotatable bonds is 6. The average Bonchev–Trinajstić information content (AvgIpc) is 3.12. The largest absolute Gasteiger partial charge is 0.319 e. The second kappa shape index (κ2) is 7.95. The van der Waals surface area contributed by atoms with Crippen LogP contribution in [-0.4, -0.2) is 31.0 Å². The van der Waals surface area contributed by atoms with Gasteiger partial charge >= 0.3 is 0 Å². The van der Waals surface area contributed by atoms with Gasteiger partial charge in [0.05, 0.1) is 4.92 Å². The molecule has 0 radical (unpaired) electrons. The zero-order valence-corrected chi connectivity index (χ0v) is 15.8. The lowest BCUT2D eigenvalue weighted by atomic mass is 10.1. The van der Waals surface area contributed by atoms with Gasteiger partial charge in [-0.05, 0) is 48.2 Å². The van der Waals surface area contributed by atoms with Gasteiger partial charge in [0, 0.05) is 11.6 Å². The number of hydrogen-bond donors (Lipinski definition) is 1. The van der Waals surface area contributed by atoms with Crippen LogP contribution in [0.2, 0.25) is 0 Å². The molecule has 0 bridgehead atoms. The van der Waals surface area contributed by atoms with E-state index in [0.29, 0.717) is 5.82 Å². The molecule has 0 fully saturated rings. The molecule has 9 heteroatoms. The highest BCUT2D eigenvalue weighted by molar-refractivity contribution is 5.93. The van der Waals surface area contributed by atoms with Crippen LogP contribution < -0.4 is 5.32 Å². The number of aromatic nitrogens is 4. The smallest absolute Gasteiger partial charge is 0.293 e. The van der Waals surface area contributed by atoms with Gasteiger partial charge in [0.1, 0.15) is 12.2 Å². The molecular formula is C19H20N6O3. The van der Waals surface area contributed by atoms with E-state index in [2.05, 4.69) is 27.7 Å². The van der Waals surface area contributed by atoms with Crippen molar-refractivity contribution in [3.8, 4) is 11.4 Å². The van der Waals surface area contributed by atoms with Gasteiger partial charge in [-0.3, -0.25) is 14.9 Å². The van der Waals surface area contributed by atoms with Gasteiger partial charge in [-0.1, -0.05) is 31.2 Å². The van der Waals surface area contributed by atoms with Crippen LogP contribution in [0.4, 0.5) is 11.4 Å². The molecule has 1 aromatic heterocycles. The number of carbonyl (C=O) groups is 1. The summed E-state index contributed by atoms with van der Waals surface area (Å²) in [4.78, 5) is 24.2. The molecule has 28 heavy (non-hydrogen) atoms. The second-order valence-corrected chi connectivity index (χ2v) is 6.45. The number of nitrogens with one attached hydrogen (secondary N) is 1. The number of nitrogens with zero attached hydrogens (tertiary/aromatic N) is 5. The highest BCUT2D eigenvalue weighted by Crippen LogP contribution is 2.27. The first-order valence-electron chi connectivity index (χ1n) is 8.80. The summed E-state index contributed by atoms with van der Waals surface area (Å²) in [6.07, 6.45) is 0.936. The summed E-state index contributed by atoms with van der Waals surface area (Å²) in [6, 6.07) is 10.8. The third kappa shape index (κ3) is 4.20. The zero-order valence-electron chi connectivity index (χ0n) is 15.8. The molecular weight excluding hydrogens is 360 g/mol. The Morgan fingerprint density at radius 3 is 2.50 bits per heavy atom. The predicted octanol–water partition coefficient (Wildman–Crippen LogP) is 3.07. The highest BCUT2D eigenvalue weighted by Gasteiger charge is 2.18. The van der Waals surface area contributed by atoms with Crippen LogP contribution in [0.1, 0.15) is 23.6 Å². The van der Waals surface area contributed by atoms with Crippen molar-refractivity contribution in [2.75, 3.05) is 5.32 Å². The fourth-order valence-electron chi connectivity index (χ4n) is 2.69. The predicted molar refractivity (Wildman–Crippen MR) is 104 cm³/mol. The number of aryl methyl sites for hydroxylation is 3. The molecule has 1 amide bonds. The van der Waals surface area contributed by atoms with Crippen LogP contribution in [0, 0.1) is 24.0 Å². The fourth-order valence-corrected chi connectivity index (χ4v) is 2.69. The van der Waals surface area contributed by atoms with E-state index >= 15 is 0 Å². The lowest BCUT2D eigenvalue weighted by Gasteiger charge is -2.08. The van der Waals surface area contributed by atoms with Crippen molar-refractivity contribution in [1.29, 1.82) is 0 Å². The number of anilines is 1. The zero-order chi connectivity index (χ0) is 20.3. The van der Waals surface area contributed by atoms with E-state index in [9.17, 15) is 14.9 Å². The number of hydrogen-bond acceptors (Lipinski definition) is 6. The minimum absolute atomic E-state index is 0.147. The molecule has 3 aromatic rings. The number of tetrazole rings is 1. The van der Waals surface area contributed by atoms with Gasteiger partial charge in [0.15, 0.2) is 0 Å². The molecule has 0 spiro atoms. The maximum atomic E-state index is 12.3. The van der Waals surface area contributed by atoms with Crippen molar-refractivity contribution in [2.45, 2.75) is 33.7 Å². The van der Waals surface area contributed by atoms with Crippen molar-refractivity contribution in [1.82, 2.24) is 20.2 Å². The number of nitro groups is 1. The quantitative estimate of drug-likeness (QED) is 0.519. The Kier molecular flexibility index (Phi) is 5.44. The maximum absolute atomic E-state index is 12.3. The van der Waals surface area contributed by atoms with Gasteiger partial charge in [0.2, 0.25) is 11.7 Å². The minimum Gasteiger partial charge on any atom is -0.319 e. The SMILES string of the molecule is CCc1ccc(-c2nnn(CC(=O)Nc3cc(C)c(C)cc3[N+](=O)[O-])n2)cc1. The molecule has 9 nitrogen and oxygen atoms in total. The van der Waals surface area contributed by atoms with Crippen LogP contribution in [0.5, 0.6) is 0 Å². The lowest BCUT2D eigenvalue weighted by molar-refractivity contribution is -0.384. The Morgan fingerprint density at radius 2 is 1.86 bits per heavy atom. The van der Waals surface area contributed by atoms with E-state index < -0.39 is 10.8 Å². The monoisotopic (exact) mass is 380 g/mol. The number of nitro benzene ring substituents is 1. The molecule has 3 rings (SSSR count). The molecule has 0 saturated carbocycles. The van der Waals surface area contributed by atoms with Gasteiger partial charge in [-0.15, -0.1) is 10.2 Å². The van der Waals surface area contributed by atoms with Gasteiger partial charge in [-0.25, -0.2) is 0 Å². The molecule has 0 aliphatic heterocycles. The van der Waals surface area contributed by atoms with Crippen molar-refractivity contribution in [3.63, 3.8) is 0 Å². The summed E-state index contributed by atoms with van der Waals surface area (Å²) in [5, 5.41) is 25.9. The first kappa shape index (κ1) is 19.2. The Morgan fingerprint density at radius 1 is 1.18 bits per heavy atom. The van der Waals surface area contributed by atoms with Gasteiger partial charge in [0.25, 0.3) is 5.69 Å². The molecule has 144 valence electrons.